The first kappa shape index (κ1) is 16.1. The van der Waals surface area contributed by atoms with Gasteiger partial charge in [0.2, 0.25) is 5.91 Å². The third kappa shape index (κ3) is 3.76. The molecule has 1 fully saturated rings. The van der Waals surface area contributed by atoms with Crippen molar-refractivity contribution in [3.63, 3.8) is 0 Å². The molecule has 2 heterocycles. The van der Waals surface area contributed by atoms with E-state index in [1.54, 1.807) is 30.5 Å². The summed E-state index contributed by atoms with van der Waals surface area (Å²) >= 11 is 0. The van der Waals surface area contributed by atoms with Gasteiger partial charge in [-0.2, -0.15) is 0 Å². The number of amides is 2. The molecule has 5 nitrogen and oxygen atoms in total. The zero-order valence-electron chi connectivity index (χ0n) is 13.1. The van der Waals surface area contributed by atoms with Gasteiger partial charge in [-0.05, 0) is 36.1 Å². The Bertz CT molecular complexity index is 763. The topological polar surface area (TPSA) is 71.1 Å². The Balaban J connectivity index is 1.71. The molecule has 3 rings (SSSR count). The molecular weight excluding hydrogens is 309 g/mol. The molecule has 2 amide bonds. The Morgan fingerprint density at radius 1 is 1.33 bits per heavy atom. The molecule has 0 saturated carbocycles. The van der Waals surface area contributed by atoms with Crippen LogP contribution in [0.4, 0.5) is 4.39 Å². The number of nitrogens with one attached hydrogen (secondary N) is 2. The standard InChI is InChI=1S/C18H18FN3O2/c19-15-5-2-1-4-13(15)8-12-9-14(11-20-10-12)17(23)22-16-6-3-7-21-18(16)24/h1-2,4-5,9-11,16H,3,6-8H2,(H,21,24)(H,22,23). The Morgan fingerprint density at radius 3 is 2.96 bits per heavy atom. The normalized spacial score (nSPS) is 17.2. The second-order valence-corrected chi connectivity index (χ2v) is 5.81. The molecule has 1 unspecified atom stereocenters. The van der Waals surface area contributed by atoms with Crippen LogP contribution in [0.5, 0.6) is 0 Å². The lowest BCUT2D eigenvalue weighted by Gasteiger charge is -2.22. The lowest BCUT2D eigenvalue weighted by Crippen LogP contribution is -2.50. The Kier molecular flexibility index (Phi) is 4.84. The number of hydrogen-bond donors (Lipinski definition) is 2. The van der Waals surface area contributed by atoms with Crippen LogP contribution in [0.15, 0.2) is 42.7 Å². The van der Waals surface area contributed by atoms with Crippen molar-refractivity contribution in [2.24, 2.45) is 0 Å². The fraction of sp³-hybridized carbons (Fsp3) is 0.278. The van der Waals surface area contributed by atoms with Gasteiger partial charge >= 0.3 is 0 Å². The molecule has 0 bridgehead atoms. The number of pyridine rings is 1. The van der Waals surface area contributed by atoms with Crippen molar-refractivity contribution in [1.82, 2.24) is 15.6 Å². The zero-order chi connectivity index (χ0) is 16.9. The summed E-state index contributed by atoms with van der Waals surface area (Å²) in [5, 5.41) is 5.45. The highest BCUT2D eigenvalue weighted by atomic mass is 19.1. The van der Waals surface area contributed by atoms with Crippen molar-refractivity contribution >= 4 is 11.8 Å². The molecule has 0 aliphatic carbocycles. The van der Waals surface area contributed by atoms with Gasteiger partial charge in [0.25, 0.3) is 5.91 Å². The monoisotopic (exact) mass is 327 g/mol. The number of piperidine rings is 1. The molecule has 0 radical (unpaired) electrons. The molecule has 6 heteroatoms. The molecule has 1 aromatic carbocycles. The van der Waals surface area contributed by atoms with E-state index in [4.69, 9.17) is 0 Å². The number of rotatable bonds is 4. The summed E-state index contributed by atoms with van der Waals surface area (Å²) < 4.78 is 13.7. The SMILES string of the molecule is O=C(NC1CCCNC1=O)c1cncc(Cc2ccccc2F)c1. The number of hydrogen-bond acceptors (Lipinski definition) is 3. The third-order valence-electron chi connectivity index (χ3n) is 4.00. The van der Waals surface area contributed by atoms with Crippen LogP contribution in [0.1, 0.15) is 34.3 Å². The van der Waals surface area contributed by atoms with Gasteiger partial charge in [-0.15, -0.1) is 0 Å². The summed E-state index contributed by atoms with van der Waals surface area (Å²) in [6, 6.07) is 7.67. The highest BCUT2D eigenvalue weighted by molar-refractivity contribution is 5.97. The summed E-state index contributed by atoms with van der Waals surface area (Å²) in [5.41, 5.74) is 1.64. The quantitative estimate of drug-likeness (QED) is 0.900. The highest BCUT2D eigenvalue weighted by Gasteiger charge is 2.24. The van der Waals surface area contributed by atoms with E-state index in [1.165, 1.54) is 12.3 Å². The second kappa shape index (κ2) is 7.21. The minimum atomic E-state index is -0.513. The zero-order valence-corrected chi connectivity index (χ0v) is 13.1. The van der Waals surface area contributed by atoms with Gasteiger partial charge in [0.15, 0.2) is 0 Å². The van der Waals surface area contributed by atoms with Crippen molar-refractivity contribution in [3.05, 3.63) is 65.2 Å². The molecule has 2 N–H and O–H groups in total. The van der Waals surface area contributed by atoms with E-state index >= 15 is 0 Å². The minimum Gasteiger partial charge on any atom is -0.354 e. The van der Waals surface area contributed by atoms with Crippen LogP contribution >= 0.6 is 0 Å². The predicted molar refractivity (Wildman–Crippen MR) is 86.9 cm³/mol. The maximum absolute atomic E-state index is 13.7. The summed E-state index contributed by atoms with van der Waals surface area (Å²) in [6.07, 6.45) is 4.87. The van der Waals surface area contributed by atoms with Crippen LogP contribution in [0, 0.1) is 5.82 Å². The van der Waals surface area contributed by atoms with Crippen LogP contribution in [0.25, 0.3) is 0 Å². The van der Waals surface area contributed by atoms with Gasteiger partial charge in [0.1, 0.15) is 11.9 Å². The van der Waals surface area contributed by atoms with E-state index < -0.39 is 6.04 Å². The lowest BCUT2D eigenvalue weighted by molar-refractivity contribution is -0.124. The minimum absolute atomic E-state index is 0.162. The first-order valence-electron chi connectivity index (χ1n) is 7.89. The number of benzene rings is 1. The first-order chi connectivity index (χ1) is 11.6. The maximum atomic E-state index is 13.7. The summed E-state index contributed by atoms with van der Waals surface area (Å²) in [7, 11) is 0. The van der Waals surface area contributed by atoms with Gasteiger partial charge < -0.3 is 10.6 Å². The Labute approximate surface area is 139 Å². The van der Waals surface area contributed by atoms with Gasteiger partial charge in [-0.25, -0.2) is 4.39 Å². The fourth-order valence-corrected chi connectivity index (χ4v) is 2.72. The molecule has 0 spiro atoms. The average molecular weight is 327 g/mol. The maximum Gasteiger partial charge on any atom is 0.253 e. The van der Waals surface area contributed by atoms with Gasteiger partial charge in [-0.1, -0.05) is 18.2 Å². The molecule has 2 aromatic rings. The lowest BCUT2D eigenvalue weighted by atomic mass is 10.0. The molecule has 1 saturated heterocycles. The first-order valence-corrected chi connectivity index (χ1v) is 7.89. The van der Waals surface area contributed by atoms with Crippen LogP contribution < -0.4 is 10.6 Å². The average Bonchev–Trinajstić information content (AvgIpc) is 2.59. The number of carbonyl (C=O) groups is 2. The largest absolute Gasteiger partial charge is 0.354 e. The summed E-state index contributed by atoms with van der Waals surface area (Å²) in [5.74, 6) is -0.795. The van der Waals surface area contributed by atoms with Crippen LogP contribution in [0.2, 0.25) is 0 Å². The van der Waals surface area contributed by atoms with E-state index in [1.807, 2.05) is 0 Å². The number of aromatic nitrogens is 1. The predicted octanol–water partition coefficient (Wildman–Crippen LogP) is 1.82. The molecule has 24 heavy (non-hydrogen) atoms. The van der Waals surface area contributed by atoms with Crippen LogP contribution in [0.3, 0.4) is 0 Å². The highest BCUT2D eigenvalue weighted by Crippen LogP contribution is 2.14. The van der Waals surface area contributed by atoms with Crippen molar-refractivity contribution in [2.45, 2.75) is 25.3 Å². The molecule has 1 aromatic heterocycles. The Morgan fingerprint density at radius 2 is 2.17 bits per heavy atom. The molecule has 1 aliphatic rings. The number of halogens is 1. The van der Waals surface area contributed by atoms with Crippen molar-refractivity contribution in [3.8, 4) is 0 Å². The van der Waals surface area contributed by atoms with Crippen molar-refractivity contribution in [2.75, 3.05) is 6.54 Å². The Hall–Kier alpha value is -2.76. The smallest absolute Gasteiger partial charge is 0.253 e. The van der Waals surface area contributed by atoms with Gasteiger partial charge in [0.05, 0.1) is 5.56 Å². The third-order valence-corrected chi connectivity index (χ3v) is 4.00. The van der Waals surface area contributed by atoms with Crippen molar-refractivity contribution < 1.29 is 14.0 Å². The van der Waals surface area contributed by atoms with Crippen LogP contribution in [-0.2, 0) is 11.2 Å². The fourth-order valence-electron chi connectivity index (χ4n) is 2.72. The molecule has 124 valence electrons. The van der Waals surface area contributed by atoms with Crippen LogP contribution in [-0.4, -0.2) is 29.4 Å². The van der Waals surface area contributed by atoms with Gasteiger partial charge in [-0.3, -0.25) is 14.6 Å². The van der Waals surface area contributed by atoms with Crippen molar-refractivity contribution in [1.29, 1.82) is 0 Å². The van der Waals surface area contributed by atoms with E-state index in [2.05, 4.69) is 15.6 Å². The van der Waals surface area contributed by atoms with E-state index in [0.717, 1.165) is 12.0 Å². The van der Waals surface area contributed by atoms with E-state index in [0.29, 0.717) is 30.5 Å². The summed E-state index contributed by atoms with van der Waals surface area (Å²) in [4.78, 5) is 28.1. The van der Waals surface area contributed by atoms with Gasteiger partial charge in [0, 0.05) is 25.4 Å². The van der Waals surface area contributed by atoms with E-state index in [-0.39, 0.29) is 17.6 Å². The van der Waals surface area contributed by atoms with E-state index in [9.17, 15) is 14.0 Å². The molecular formula is C18H18FN3O2. The number of nitrogens with zero attached hydrogens (tertiary/aromatic N) is 1. The molecule has 1 atom stereocenters. The number of carbonyl (C=O) groups excluding carboxylic acids is 2. The molecule has 1 aliphatic heterocycles. The second-order valence-electron chi connectivity index (χ2n) is 5.81. The summed E-state index contributed by atoms with van der Waals surface area (Å²) in [6.45, 7) is 0.644.